The molecule has 0 bridgehead atoms. The molecule has 2 aliphatic heterocycles. The number of ether oxygens (including phenoxy) is 3. The molecule has 2 heterocycles. The maximum absolute atomic E-state index is 10.2. The second kappa shape index (κ2) is 11.9. The second-order valence-corrected chi connectivity index (χ2v) is 7.12. The molecule has 0 spiro atoms. The van der Waals surface area contributed by atoms with Crippen molar-refractivity contribution in [1.29, 1.82) is 0 Å². The van der Waals surface area contributed by atoms with Crippen LogP contribution in [0.15, 0.2) is 0 Å². The van der Waals surface area contributed by atoms with Crippen LogP contribution in [-0.4, -0.2) is 137 Å². The zero-order chi connectivity index (χ0) is 22.3. The highest BCUT2D eigenvalue weighted by molar-refractivity contribution is 4.98. The van der Waals surface area contributed by atoms with Crippen LogP contribution >= 0.6 is 0 Å². The van der Waals surface area contributed by atoms with Crippen LogP contribution in [0.2, 0.25) is 0 Å². The summed E-state index contributed by atoms with van der Waals surface area (Å²) in [5.41, 5.74) is 7.97. The molecule has 0 aromatic carbocycles. The Bertz CT molecular complexity index is 507. The highest BCUT2D eigenvalue weighted by Crippen LogP contribution is 2.35. The van der Waals surface area contributed by atoms with Crippen LogP contribution in [0.25, 0.3) is 0 Å². The molecule has 0 saturated carbocycles. The standard InChI is InChI=1S/C16H33N3O11/c17-1-2-18-3-4-19-27-6-9-10(22)12(24)13(25)15(28-9)30-16(7-21)14(26)11(23)8(5-20)29-16/h8-15,18-26H,1-7,17H2/t8-,9-,10-,11-,12+,13-,14+,15-,16+/m1/s1. The summed E-state index contributed by atoms with van der Waals surface area (Å²) in [7, 11) is 0. The lowest BCUT2D eigenvalue weighted by molar-refractivity contribution is -0.384. The van der Waals surface area contributed by atoms with E-state index in [0.717, 1.165) is 0 Å². The van der Waals surface area contributed by atoms with Crippen LogP contribution in [0.3, 0.4) is 0 Å². The van der Waals surface area contributed by atoms with Gasteiger partial charge in [0.25, 0.3) is 0 Å². The van der Waals surface area contributed by atoms with Gasteiger partial charge in [0, 0.05) is 26.2 Å². The molecule has 11 N–H and O–H groups in total. The third-order valence-corrected chi connectivity index (χ3v) is 4.96. The van der Waals surface area contributed by atoms with Crippen molar-refractivity contribution in [2.75, 3.05) is 46.0 Å². The summed E-state index contributed by atoms with van der Waals surface area (Å²) in [6.45, 7) is 0.268. The minimum absolute atomic E-state index is 0.237. The van der Waals surface area contributed by atoms with Crippen molar-refractivity contribution >= 4 is 0 Å². The molecule has 14 heteroatoms. The summed E-state index contributed by atoms with van der Waals surface area (Å²) in [6.07, 6.45) is -12.4. The maximum Gasteiger partial charge on any atom is 0.224 e. The molecule has 9 atom stereocenters. The first-order valence-electron chi connectivity index (χ1n) is 9.69. The quantitative estimate of drug-likeness (QED) is 0.0999. The lowest BCUT2D eigenvalue weighted by Gasteiger charge is -2.43. The highest BCUT2D eigenvalue weighted by Gasteiger charge is 2.58. The third kappa shape index (κ3) is 5.81. The van der Waals surface area contributed by atoms with Gasteiger partial charge in [-0.15, -0.1) is 0 Å². The Morgan fingerprint density at radius 3 is 2.23 bits per heavy atom. The molecule has 0 unspecified atom stereocenters. The maximum atomic E-state index is 10.2. The van der Waals surface area contributed by atoms with Crippen molar-refractivity contribution in [1.82, 2.24) is 10.8 Å². The van der Waals surface area contributed by atoms with Gasteiger partial charge in [-0.25, -0.2) is 5.48 Å². The van der Waals surface area contributed by atoms with Crippen molar-refractivity contribution < 1.29 is 54.8 Å². The molecular formula is C16H33N3O11. The van der Waals surface area contributed by atoms with Crippen LogP contribution in [0.4, 0.5) is 0 Å². The Morgan fingerprint density at radius 2 is 1.63 bits per heavy atom. The molecule has 0 aliphatic carbocycles. The number of hydrogen-bond donors (Lipinski definition) is 10. The van der Waals surface area contributed by atoms with Crippen LogP contribution in [0.5, 0.6) is 0 Å². The van der Waals surface area contributed by atoms with Crippen molar-refractivity contribution in [3.63, 3.8) is 0 Å². The topological polar surface area (TPSA) is 229 Å². The Balaban J connectivity index is 1.95. The van der Waals surface area contributed by atoms with Crippen LogP contribution in [-0.2, 0) is 19.0 Å². The monoisotopic (exact) mass is 443 g/mol. The molecule has 0 aromatic heterocycles. The first kappa shape index (κ1) is 25.7. The molecule has 14 nitrogen and oxygen atoms in total. The average molecular weight is 443 g/mol. The van der Waals surface area contributed by atoms with E-state index in [1.54, 1.807) is 0 Å². The number of hydrogen-bond acceptors (Lipinski definition) is 14. The Morgan fingerprint density at radius 1 is 0.900 bits per heavy atom. The summed E-state index contributed by atoms with van der Waals surface area (Å²) in [5, 5.41) is 72.5. The fourth-order valence-corrected chi connectivity index (χ4v) is 3.20. The molecule has 2 saturated heterocycles. The SMILES string of the molecule is NCCNCCNOC[C@H]1O[C@H](O[C@]2(CO)O[C@H](CO)[C@@H](O)[C@@H]2O)[C@H](O)[C@@H](O)[C@@H]1O. The van der Waals surface area contributed by atoms with Crippen LogP contribution in [0, 0.1) is 0 Å². The van der Waals surface area contributed by atoms with Gasteiger partial charge in [0.05, 0.1) is 13.2 Å². The van der Waals surface area contributed by atoms with E-state index in [-0.39, 0.29) is 6.61 Å². The first-order valence-corrected chi connectivity index (χ1v) is 9.69. The van der Waals surface area contributed by atoms with Crippen molar-refractivity contribution in [2.45, 2.75) is 54.8 Å². The van der Waals surface area contributed by atoms with Gasteiger partial charge >= 0.3 is 0 Å². The zero-order valence-electron chi connectivity index (χ0n) is 16.4. The summed E-state index contributed by atoms with van der Waals surface area (Å²) in [4.78, 5) is 5.19. The predicted molar refractivity (Wildman–Crippen MR) is 97.4 cm³/mol. The van der Waals surface area contributed by atoms with Crippen molar-refractivity contribution in [2.24, 2.45) is 5.73 Å². The smallest absolute Gasteiger partial charge is 0.224 e. The van der Waals surface area contributed by atoms with E-state index in [1.807, 2.05) is 0 Å². The molecule has 30 heavy (non-hydrogen) atoms. The van der Waals surface area contributed by atoms with E-state index < -0.39 is 68.0 Å². The number of rotatable bonds is 12. The van der Waals surface area contributed by atoms with Crippen molar-refractivity contribution in [3.05, 3.63) is 0 Å². The van der Waals surface area contributed by atoms with E-state index in [4.69, 9.17) is 24.8 Å². The Hall–Kier alpha value is -0.560. The minimum Gasteiger partial charge on any atom is -0.394 e. The van der Waals surface area contributed by atoms with E-state index in [1.165, 1.54) is 0 Å². The Kier molecular flexibility index (Phi) is 10.2. The van der Waals surface area contributed by atoms with Gasteiger partial charge in [0.15, 0.2) is 6.29 Å². The summed E-state index contributed by atoms with van der Waals surface area (Å²) in [6, 6.07) is 0. The van der Waals surface area contributed by atoms with Gasteiger partial charge in [-0.1, -0.05) is 0 Å². The van der Waals surface area contributed by atoms with Gasteiger partial charge in [-0.2, -0.15) is 0 Å². The lowest BCUT2D eigenvalue weighted by Crippen LogP contribution is -2.63. The molecular weight excluding hydrogens is 410 g/mol. The zero-order valence-corrected chi connectivity index (χ0v) is 16.4. The number of aliphatic hydroxyl groups excluding tert-OH is 7. The van der Waals surface area contributed by atoms with E-state index in [0.29, 0.717) is 26.2 Å². The van der Waals surface area contributed by atoms with E-state index in [9.17, 15) is 35.7 Å². The lowest BCUT2D eigenvalue weighted by atomic mass is 9.99. The molecule has 2 rings (SSSR count). The molecule has 178 valence electrons. The fraction of sp³-hybridized carbons (Fsp3) is 1.00. The van der Waals surface area contributed by atoms with Gasteiger partial charge in [0.1, 0.15) is 49.3 Å². The van der Waals surface area contributed by atoms with E-state index in [2.05, 4.69) is 10.8 Å². The molecule has 0 aromatic rings. The molecule has 0 radical (unpaired) electrons. The molecule has 0 amide bonds. The number of aliphatic hydroxyl groups is 7. The van der Waals surface area contributed by atoms with Crippen molar-refractivity contribution in [3.8, 4) is 0 Å². The molecule has 2 aliphatic rings. The van der Waals surface area contributed by atoms with Crippen LogP contribution in [0.1, 0.15) is 0 Å². The highest BCUT2D eigenvalue weighted by atomic mass is 16.8. The molecule has 2 fully saturated rings. The summed E-state index contributed by atoms with van der Waals surface area (Å²) < 4.78 is 16.1. The first-order chi connectivity index (χ1) is 14.3. The number of nitrogens with one attached hydrogen (secondary N) is 2. The van der Waals surface area contributed by atoms with Gasteiger partial charge in [-0.05, 0) is 0 Å². The van der Waals surface area contributed by atoms with Gasteiger partial charge in [-0.3, -0.25) is 4.84 Å². The largest absolute Gasteiger partial charge is 0.394 e. The predicted octanol–water partition coefficient (Wildman–Crippen LogP) is -6.32. The summed E-state index contributed by atoms with van der Waals surface area (Å²) in [5.74, 6) is -2.22. The van der Waals surface area contributed by atoms with Crippen LogP contribution < -0.4 is 16.5 Å². The van der Waals surface area contributed by atoms with Gasteiger partial charge in [0.2, 0.25) is 5.79 Å². The van der Waals surface area contributed by atoms with Gasteiger partial charge < -0.3 is 61.0 Å². The third-order valence-electron chi connectivity index (χ3n) is 4.96. The second-order valence-electron chi connectivity index (χ2n) is 7.12. The fourth-order valence-electron chi connectivity index (χ4n) is 3.20. The average Bonchev–Trinajstić information content (AvgIpc) is 2.99. The number of hydroxylamine groups is 1. The summed E-state index contributed by atoms with van der Waals surface area (Å²) >= 11 is 0. The minimum atomic E-state index is -2.22. The number of nitrogens with two attached hydrogens (primary N) is 1. The Labute approximate surface area is 173 Å². The van der Waals surface area contributed by atoms with E-state index >= 15 is 0 Å². The normalized spacial score (nSPS) is 42.0.